The molecule has 7 heteroatoms. The van der Waals surface area contributed by atoms with Crippen molar-refractivity contribution in [1.82, 2.24) is 5.32 Å². The Hall–Kier alpha value is -0.173. The number of amides is 1. The Balaban J connectivity index is 3.28. The molecule has 0 heterocycles. The van der Waals surface area contributed by atoms with Crippen molar-refractivity contribution in [3.05, 3.63) is 0 Å². The van der Waals surface area contributed by atoms with Gasteiger partial charge < -0.3 is 5.32 Å². The summed E-state index contributed by atoms with van der Waals surface area (Å²) in [4.78, 5) is 10.5. The molecule has 0 aromatic carbocycles. The molecule has 0 rings (SSSR count). The van der Waals surface area contributed by atoms with Gasteiger partial charge in [-0.25, -0.2) is 12.3 Å². The summed E-state index contributed by atoms with van der Waals surface area (Å²) >= 11 is 0.963. The normalized spacial score (nSPS) is 11.3. The van der Waals surface area contributed by atoms with E-state index in [0.29, 0.717) is 0 Å². The monoisotopic (exact) mass is 217 g/mol. The highest BCUT2D eigenvalue weighted by atomic mass is 32.2. The zero-order chi connectivity index (χ0) is 9.61. The van der Waals surface area contributed by atoms with Gasteiger partial charge in [0.1, 0.15) is 0 Å². The molecule has 12 heavy (non-hydrogen) atoms. The molecular formula is C5H10F3NOSSi. The molecule has 2 nitrogen and oxygen atoms in total. The van der Waals surface area contributed by atoms with Crippen LogP contribution in [0, 0.1) is 0 Å². The standard InChI is InChI=1S/C5H10F3NOSSi/c1-11-5(10)9-3-2-4-12(6,7)8/h2-4H2,1H3,(H,9,10). The van der Waals surface area contributed by atoms with Crippen LogP contribution in [0.1, 0.15) is 6.42 Å². The van der Waals surface area contributed by atoms with Gasteiger partial charge in [0.15, 0.2) is 0 Å². The molecule has 0 saturated carbocycles. The molecule has 0 unspecified atom stereocenters. The van der Waals surface area contributed by atoms with E-state index in [1.54, 1.807) is 6.26 Å². The topological polar surface area (TPSA) is 29.1 Å². The van der Waals surface area contributed by atoms with Crippen molar-refractivity contribution >= 4 is 26.1 Å². The summed E-state index contributed by atoms with van der Waals surface area (Å²) in [7, 11) is -5.40. The largest absolute Gasteiger partial charge is 0.616 e. The Morgan fingerprint density at radius 3 is 2.50 bits per heavy atom. The van der Waals surface area contributed by atoms with E-state index in [2.05, 4.69) is 5.32 Å². The molecule has 0 fully saturated rings. The van der Waals surface area contributed by atoms with Crippen LogP contribution < -0.4 is 5.32 Å². The van der Waals surface area contributed by atoms with Crippen molar-refractivity contribution in [1.29, 1.82) is 0 Å². The summed E-state index contributed by atoms with van der Waals surface area (Å²) in [5.74, 6) is 0. The van der Waals surface area contributed by atoms with Gasteiger partial charge in [-0.2, -0.15) is 0 Å². The minimum atomic E-state index is -5.40. The summed E-state index contributed by atoms with van der Waals surface area (Å²) in [5, 5.41) is 2.07. The van der Waals surface area contributed by atoms with Crippen LogP contribution >= 0.6 is 11.8 Å². The first-order valence-corrected chi connectivity index (χ1v) is 6.41. The minimum absolute atomic E-state index is 0.00201. The van der Waals surface area contributed by atoms with Crippen molar-refractivity contribution in [2.75, 3.05) is 12.8 Å². The molecule has 0 spiro atoms. The van der Waals surface area contributed by atoms with E-state index in [0.717, 1.165) is 11.8 Å². The van der Waals surface area contributed by atoms with E-state index in [4.69, 9.17) is 0 Å². The number of hydrogen-bond acceptors (Lipinski definition) is 2. The second kappa shape index (κ2) is 5.47. The minimum Gasteiger partial charge on any atom is -0.347 e. The lowest BCUT2D eigenvalue weighted by atomic mass is 10.5. The zero-order valence-corrected chi connectivity index (χ0v) is 8.39. The summed E-state index contributed by atoms with van der Waals surface area (Å²) in [6.45, 7) is 0.117. The van der Waals surface area contributed by atoms with E-state index in [-0.39, 0.29) is 18.2 Å². The van der Waals surface area contributed by atoms with Crippen LogP contribution in [0.2, 0.25) is 6.04 Å². The predicted molar refractivity (Wildman–Crippen MR) is 45.4 cm³/mol. The van der Waals surface area contributed by atoms with Gasteiger partial charge in [0, 0.05) is 12.6 Å². The summed E-state index contributed by atoms with van der Waals surface area (Å²) in [6, 6.07) is -0.707. The van der Waals surface area contributed by atoms with Crippen LogP contribution in [-0.4, -0.2) is 27.1 Å². The van der Waals surface area contributed by atoms with Crippen LogP contribution in [0.15, 0.2) is 0 Å². The molecule has 1 amide bonds. The fraction of sp³-hybridized carbons (Fsp3) is 0.800. The summed E-state index contributed by atoms with van der Waals surface area (Å²) in [6.07, 6.45) is 1.58. The number of carbonyl (C=O) groups excluding carboxylic acids is 1. The van der Waals surface area contributed by atoms with E-state index >= 15 is 0 Å². The molecule has 0 aromatic rings. The number of halogens is 3. The Kier molecular flexibility index (Phi) is 5.39. The average molecular weight is 217 g/mol. The second-order valence-corrected chi connectivity index (χ2v) is 4.65. The van der Waals surface area contributed by atoms with Gasteiger partial charge in [-0.15, -0.1) is 0 Å². The first kappa shape index (κ1) is 11.8. The van der Waals surface area contributed by atoms with Crippen molar-refractivity contribution in [2.24, 2.45) is 0 Å². The maximum atomic E-state index is 11.7. The number of thioether (sulfide) groups is 1. The van der Waals surface area contributed by atoms with Crippen molar-refractivity contribution in [2.45, 2.75) is 12.5 Å². The number of rotatable bonds is 4. The molecule has 0 aliphatic carbocycles. The number of carbonyl (C=O) groups is 1. The third-order valence-electron chi connectivity index (χ3n) is 1.09. The van der Waals surface area contributed by atoms with E-state index in [9.17, 15) is 17.1 Å². The highest BCUT2D eigenvalue weighted by Crippen LogP contribution is 2.15. The van der Waals surface area contributed by atoms with Crippen LogP contribution in [0.4, 0.5) is 17.1 Å². The fourth-order valence-electron chi connectivity index (χ4n) is 0.551. The zero-order valence-electron chi connectivity index (χ0n) is 6.57. The third-order valence-corrected chi connectivity index (χ3v) is 2.53. The number of nitrogens with one attached hydrogen (secondary N) is 1. The molecule has 1 N–H and O–H groups in total. The summed E-state index contributed by atoms with van der Waals surface area (Å²) in [5.41, 5.74) is 0. The first-order chi connectivity index (χ1) is 5.45. The van der Waals surface area contributed by atoms with E-state index in [1.807, 2.05) is 0 Å². The summed E-state index contributed by atoms with van der Waals surface area (Å²) < 4.78 is 35.0. The molecule has 72 valence electrons. The Morgan fingerprint density at radius 1 is 1.50 bits per heavy atom. The molecule has 0 radical (unpaired) electrons. The Morgan fingerprint density at radius 2 is 2.08 bits per heavy atom. The Labute approximate surface area is 74.4 Å². The predicted octanol–water partition coefficient (Wildman–Crippen LogP) is 2.30. The highest BCUT2D eigenvalue weighted by molar-refractivity contribution is 8.12. The van der Waals surface area contributed by atoms with Crippen LogP contribution in [0.25, 0.3) is 0 Å². The number of hydrogen-bond donors (Lipinski definition) is 1. The van der Waals surface area contributed by atoms with E-state index < -0.39 is 15.1 Å². The second-order valence-electron chi connectivity index (χ2n) is 2.14. The Bertz CT molecular complexity index is 152. The smallest absolute Gasteiger partial charge is 0.347 e. The SMILES string of the molecule is CSC(=O)NCCC[Si](F)(F)F. The van der Waals surface area contributed by atoms with Gasteiger partial charge >= 0.3 is 9.08 Å². The van der Waals surface area contributed by atoms with Gasteiger partial charge in [0.2, 0.25) is 0 Å². The van der Waals surface area contributed by atoms with E-state index in [1.165, 1.54) is 0 Å². The lowest BCUT2D eigenvalue weighted by Gasteiger charge is -2.03. The maximum Gasteiger partial charge on any atom is 0.616 e. The van der Waals surface area contributed by atoms with Crippen molar-refractivity contribution < 1.29 is 17.1 Å². The van der Waals surface area contributed by atoms with Gasteiger partial charge in [0.05, 0.1) is 0 Å². The molecule has 0 aliphatic heterocycles. The van der Waals surface area contributed by atoms with Gasteiger partial charge in [-0.3, -0.25) is 4.79 Å². The lowest BCUT2D eigenvalue weighted by Crippen LogP contribution is -2.22. The molecule has 0 atom stereocenters. The van der Waals surface area contributed by atoms with Gasteiger partial charge in [-0.05, 0) is 12.7 Å². The highest BCUT2D eigenvalue weighted by Gasteiger charge is 2.35. The molecule has 0 bridgehead atoms. The van der Waals surface area contributed by atoms with Gasteiger partial charge in [0.25, 0.3) is 5.24 Å². The van der Waals surface area contributed by atoms with Crippen molar-refractivity contribution in [3.63, 3.8) is 0 Å². The lowest BCUT2D eigenvalue weighted by molar-refractivity contribution is 0.260. The molecular weight excluding hydrogens is 207 g/mol. The molecule has 0 aromatic heterocycles. The van der Waals surface area contributed by atoms with Crippen LogP contribution in [0.3, 0.4) is 0 Å². The van der Waals surface area contributed by atoms with Crippen LogP contribution in [0.5, 0.6) is 0 Å². The maximum absolute atomic E-state index is 11.7. The van der Waals surface area contributed by atoms with Gasteiger partial charge in [-0.1, -0.05) is 11.8 Å². The van der Waals surface area contributed by atoms with Crippen molar-refractivity contribution in [3.8, 4) is 0 Å². The fourth-order valence-corrected chi connectivity index (χ4v) is 1.38. The van der Waals surface area contributed by atoms with Crippen LogP contribution in [-0.2, 0) is 0 Å². The average Bonchev–Trinajstić information content (AvgIpc) is 1.96. The third kappa shape index (κ3) is 7.93. The quantitative estimate of drug-likeness (QED) is 0.445. The first-order valence-electron chi connectivity index (χ1n) is 3.34. The molecule has 0 aliphatic rings. The molecule has 0 saturated heterocycles.